The van der Waals surface area contributed by atoms with Gasteiger partial charge in [0.1, 0.15) is 18.6 Å². The Morgan fingerprint density at radius 3 is 2.57 bits per heavy atom. The third-order valence-electron chi connectivity index (χ3n) is 5.93. The van der Waals surface area contributed by atoms with Gasteiger partial charge in [0.25, 0.3) is 0 Å². The van der Waals surface area contributed by atoms with E-state index in [4.69, 9.17) is 9.57 Å². The Balaban J connectivity index is 1.85. The average molecular weight is 506 g/mol. The van der Waals surface area contributed by atoms with Crippen LogP contribution < -0.4 is 4.74 Å². The molecule has 0 spiro atoms. The van der Waals surface area contributed by atoms with E-state index in [1.165, 1.54) is 13.2 Å². The van der Waals surface area contributed by atoms with Crippen LogP contribution in [-0.4, -0.2) is 34.3 Å². The first-order valence-electron chi connectivity index (χ1n) is 12.1. The van der Waals surface area contributed by atoms with E-state index in [0.717, 1.165) is 28.7 Å². The fourth-order valence-electron chi connectivity index (χ4n) is 4.41. The van der Waals surface area contributed by atoms with Gasteiger partial charge in [-0.1, -0.05) is 17.3 Å². The van der Waals surface area contributed by atoms with Gasteiger partial charge in [0.05, 0.1) is 35.1 Å². The number of fused-ring (bicyclic) bond motifs is 1. The van der Waals surface area contributed by atoms with Crippen molar-refractivity contribution in [2.75, 3.05) is 7.11 Å². The second-order valence-corrected chi connectivity index (χ2v) is 9.01. The Morgan fingerprint density at radius 2 is 1.89 bits per heavy atom. The van der Waals surface area contributed by atoms with Crippen molar-refractivity contribution >= 4 is 22.4 Å². The van der Waals surface area contributed by atoms with Crippen LogP contribution in [0.2, 0.25) is 0 Å². The predicted molar refractivity (Wildman–Crippen MR) is 139 cm³/mol. The number of aryl methyl sites for hydroxylation is 1. The summed E-state index contributed by atoms with van der Waals surface area (Å²) >= 11 is 0. The lowest BCUT2D eigenvalue weighted by molar-refractivity contribution is 0.0984. The van der Waals surface area contributed by atoms with Crippen molar-refractivity contribution in [3.05, 3.63) is 94.9 Å². The number of carbonyl (C=O) groups excluding carboxylic acids is 1. The van der Waals surface area contributed by atoms with Crippen molar-refractivity contribution in [3.63, 3.8) is 0 Å². The molecular weight excluding hydrogens is 476 g/mol. The molecule has 0 bridgehead atoms. The highest BCUT2D eigenvalue weighted by atomic mass is 19.2. The SMILES string of the molecule is CO/N=C(/C)c1c(C(=O)CCc2ccc(F)c(F)c2)c2ccc(OC(C)C)cc2n1Cc1ccccn1. The molecule has 4 rings (SSSR count). The summed E-state index contributed by atoms with van der Waals surface area (Å²) in [5.74, 6) is -1.32. The molecule has 2 aromatic heterocycles. The minimum Gasteiger partial charge on any atom is -0.491 e. The van der Waals surface area contributed by atoms with E-state index in [1.54, 1.807) is 13.1 Å². The average Bonchev–Trinajstić information content (AvgIpc) is 3.18. The van der Waals surface area contributed by atoms with Gasteiger partial charge in [-0.3, -0.25) is 9.78 Å². The molecule has 192 valence electrons. The first-order valence-corrected chi connectivity index (χ1v) is 12.1. The number of pyridine rings is 1. The molecule has 0 radical (unpaired) electrons. The molecule has 4 aromatic rings. The highest BCUT2D eigenvalue weighted by Crippen LogP contribution is 2.32. The van der Waals surface area contributed by atoms with Gasteiger partial charge >= 0.3 is 0 Å². The Morgan fingerprint density at radius 1 is 1.08 bits per heavy atom. The number of halogens is 2. The second-order valence-electron chi connectivity index (χ2n) is 9.01. The van der Waals surface area contributed by atoms with E-state index < -0.39 is 11.6 Å². The van der Waals surface area contributed by atoms with Crippen molar-refractivity contribution in [3.8, 4) is 5.75 Å². The molecule has 0 N–H and O–H groups in total. The normalized spacial score (nSPS) is 11.8. The van der Waals surface area contributed by atoms with Crippen LogP contribution in [0.4, 0.5) is 8.78 Å². The Bertz CT molecular complexity index is 1450. The van der Waals surface area contributed by atoms with Crippen LogP contribution in [0.5, 0.6) is 5.75 Å². The summed E-state index contributed by atoms with van der Waals surface area (Å²) in [4.78, 5) is 23.3. The van der Waals surface area contributed by atoms with Crippen LogP contribution in [0.15, 0.2) is 65.9 Å². The molecule has 0 saturated heterocycles. The van der Waals surface area contributed by atoms with Gasteiger partial charge in [-0.15, -0.1) is 0 Å². The number of carbonyl (C=O) groups is 1. The van der Waals surface area contributed by atoms with Crippen molar-refractivity contribution < 1.29 is 23.1 Å². The van der Waals surface area contributed by atoms with Crippen LogP contribution in [0.25, 0.3) is 10.9 Å². The zero-order valence-corrected chi connectivity index (χ0v) is 21.3. The number of oxime groups is 1. The zero-order chi connectivity index (χ0) is 26.5. The number of hydrogen-bond donors (Lipinski definition) is 0. The van der Waals surface area contributed by atoms with E-state index in [2.05, 4.69) is 10.1 Å². The minimum absolute atomic E-state index is 0.0230. The van der Waals surface area contributed by atoms with Gasteiger partial charge < -0.3 is 14.1 Å². The maximum absolute atomic E-state index is 13.7. The van der Waals surface area contributed by atoms with Gasteiger partial charge in [-0.05, 0) is 69.2 Å². The summed E-state index contributed by atoms with van der Waals surface area (Å²) in [6.45, 7) is 6.07. The van der Waals surface area contributed by atoms with Crippen LogP contribution in [0, 0.1) is 11.6 Å². The quantitative estimate of drug-likeness (QED) is 0.143. The van der Waals surface area contributed by atoms with E-state index in [1.807, 2.05) is 54.8 Å². The molecule has 2 heterocycles. The van der Waals surface area contributed by atoms with Crippen molar-refractivity contribution in [2.45, 2.75) is 46.3 Å². The van der Waals surface area contributed by atoms with Crippen LogP contribution in [-0.2, 0) is 17.8 Å². The third kappa shape index (κ3) is 5.85. The van der Waals surface area contributed by atoms with Crippen molar-refractivity contribution in [1.82, 2.24) is 9.55 Å². The maximum Gasteiger partial charge on any atom is 0.166 e. The number of rotatable bonds is 10. The minimum atomic E-state index is -0.932. The molecule has 2 aromatic carbocycles. The highest BCUT2D eigenvalue weighted by Gasteiger charge is 2.25. The fourth-order valence-corrected chi connectivity index (χ4v) is 4.41. The molecule has 0 aliphatic rings. The number of nitrogens with zero attached hydrogens (tertiary/aromatic N) is 3. The standard InChI is InChI=1S/C29H29F2N3O3/c1-18(2)37-22-10-11-23-26(16-22)34(17-21-7-5-6-14-32-21)29(19(3)33-36-4)28(23)27(35)13-9-20-8-12-24(30)25(31)15-20/h5-8,10-12,14-16,18H,9,13,17H2,1-4H3/b33-19-. The molecule has 6 nitrogen and oxygen atoms in total. The molecule has 0 saturated carbocycles. The summed E-state index contributed by atoms with van der Waals surface area (Å²) < 4.78 is 35.0. The lowest BCUT2D eigenvalue weighted by Gasteiger charge is -2.13. The molecule has 8 heteroatoms. The molecule has 0 amide bonds. The number of aromatic nitrogens is 2. The summed E-state index contributed by atoms with van der Waals surface area (Å²) in [7, 11) is 1.45. The fraction of sp³-hybridized carbons (Fsp3) is 0.276. The Hall–Kier alpha value is -4.07. The summed E-state index contributed by atoms with van der Waals surface area (Å²) in [6, 6.07) is 15.0. The maximum atomic E-state index is 13.7. The van der Waals surface area contributed by atoms with Crippen LogP contribution >= 0.6 is 0 Å². The van der Waals surface area contributed by atoms with Crippen molar-refractivity contribution in [2.24, 2.45) is 5.16 Å². The smallest absolute Gasteiger partial charge is 0.166 e. The van der Waals surface area contributed by atoms with E-state index in [9.17, 15) is 13.6 Å². The van der Waals surface area contributed by atoms with Gasteiger partial charge in [-0.2, -0.15) is 0 Å². The number of Topliss-reactive ketones (excluding diaryl/α,β-unsaturated/α-hetero) is 1. The van der Waals surface area contributed by atoms with E-state index >= 15 is 0 Å². The number of benzene rings is 2. The molecule has 0 aliphatic heterocycles. The molecule has 0 unspecified atom stereocenters. The van der Waals surface area contributed by atoms with Gasteiger partial charge in [0.2, 0.25) is 0 Å². The largest absolute Gasteiger partial charge is 0.491 e. The Labute approximate surface area is 214 Å². The third-order valence-corrected chi connectivity index (χ3v) is 5.93. The number of ketones is 1. The molecule has 0 fully saturated rings. The van der Waals surface area contributed by atoms with E-state index in [-0.39, 0.29) is 24.7 Å². The Kier molecular flexibility index (Phi) is 7.96. The summed E-state index contributed by atoms with van der Waals surface area (Å²) in [6.07, 6.45) is 2.06. The first kappa shape index (κ1) is 26.0. The second kappa shape index (κ2) is 11.3. The van der Waals surface area contributed by atoms with Gasteiger partial charge in [-0.25, -0.2) is 8.78 Å². The van der Waals surface area contributed by atoms with Crippen molar-refractivity contribution in [1.29, 1.82) is 0 Å². The molecule has 37 heavy (non-hydrogen) atoms. The molecule has 0 aliphatic carbocycles. The predicted octanol–water partition coefficient (Wildman–Crippen LogP) is 6.34. The highest BCUT2D eigenvalue weighted by molar-refractivity contribution is 6.17. The number of ether oxygens (including phenoxy) is 1. The van der Waals surface area contributed by atoms with Gasteiger partial charge in [0, 0.05) is 24.1 Å². The first-order chi connectivity index (χ1) is 17.8. The summed E-state index contributed by atoms with van der Waals surface area (Å²) in [5.41, 5.74) is 3.77. The molecular formula is C29H29F2N3O3. The van der Waals surface area contributed by atoms with Gasteiger partial charge in [0.15, 0.2) is 17.4 Å². The molecule has 0 atom stereocenters. The summed E-state index contributed by atoms with van der Waals surface area (Å²) in [5, 5.41) is 4.89. The van der Waals surface area contributed by atoms with Crippen LogP contribution in [0.1, 0.15) is 54.5 Å². The lowest BCUT2D eigenvalue weighted by atomic mass is 9.98. The van der Waals surface area contributed by atoms with E-state index in [0.29, 0.717) is 34.8 Å². The topological polar surface area (TPSA) is 65.7 Å². The van der Waals surface area contributed by atoms with Crippen LogP contribution in [0.3, 0.4) is 0 Å². The monoisotopic (exact) mass is 505 g/mol. The zero-order valence-electron chi connectivity index (χ0n) is 21.3. The number of hydrogen-bond acceptors (Lipinski definition) is 5. The lowest BCUT2D eigenvalue weighted by Crippen LogP contribution is -2.14.